The molecular weight excluding hydrogens is 396 g/mol. The molecule has 4 aromatic rings. The Labute approximate surface area is 178 Å². The molecule has 152 valence electrons. The van der Waals surface area contributed by atoms with Crippen LogP contribution in [-0.4, -0.2) is 27.8 Å². The van der Waals surface area contributed by atoms with E-state index >= 15 is 0 Å². The minimum atomic E-state index is -0.0112. The molecule has 7 heteroatoms. The molecule has 1 atom stereocenters. The van der Waals surface area contributed by atoms with Crippen LogP contribution in [0.25, 0.3) is 15.3 Å². The second-order valence-electron chi connectivity index (χ2n) is 7.49. The van der Waals surface area contributed by atoms with Crippen molar-refractivity contribution < 1.29 is 9.53 Å². The molecule has 1 amide bonds. The lowest BCUT2D eigenvalue weighted by molar-refractivity contribution is -0.116. The van der Waals surface area contributed by atoms with Gasteiger partial charge in [0.1, 0.15) is 11.6 Å². The van der Waals surface area contributed by atoms with Gasteiger partial charge in [0.05, 0.1) is 23.0 Å². The summed E-state index contributed by atoms with van der Waals surface area (Å²) in [6, 6.07) is 14.3. The van der Waals surface area contributed by atoms with Gasteiger partial charge in [0, 0.05) is 17.9 Å². The fourth-order valence-corrected chi connectivity index (χ4v) is 5.02. The lowest BCUT2D eigenvalue weighted by Gasteiger charge is -2.24. The van der Waals surface area contributed by atoms with Gasteiger partial charge in [-0.15, -0.1) is 0 Å². The minimum Gasteiger partial charge on any atom is -0.497 e. The summed E-state index contributed by atoms with van der Waals surface area (Å²) >= 11 is 1.53. The molecule has 6 nitrogen and oxygen atoms in total. The molecule has 0 fully saturated rings. The predicted molar refractivity (Wildman–Crippen MR) is 119 cm³/mol. The predicted octanol–water partition coefficient (Wildman–Crippen LogP) is 4.84. The third-order valence-corrected chi connectivity index (χ3v) is 6.65. The highest BCUT2D eigenvalue weighted by molar-refractivity contribution is 7.20. The maximum Gasteiger partial charge on any atom is 0.226 e. The van der Waals surface area contributed by atoms with E-state index in [2.05, 4.69) is 36.5 Å². The normalized spacial score (nSPS) is 15.8. The lowest BCUT2D eigenvalue weighted by Crippen LogP contribution is -2.24. The summed E-state index contributed by atoms with van der Waals surface area (Å²) in [5.74, 6) is 1.50. The molecule has 1 aliphatic heterocycles. The number of methoxy groups -OCH3 is 1. The van der Waals surface area contributed by atoms with E-state index in [1.165, 1.54) is 16.9 Å². The second-order valence-corrected chi connectivity index (χ2v) is 8.50. The topological polar surface area (TPSA) is 69.0 Å². The minimum absolute atomic E-state index is 0.00371. The molecule has 5 rings (SSSR count). The van der Waals surface area contributed by atoms with Gasteiger partial charge in [-0.25, -0.2) is 4.98 Å². The molecular formula is C23H22N4O2S. The summed E-state index contributed by atoms with van der Waals surface area (Å²) in [5.41, 5.74) is 5.28. The fraction of sp³-hybridized carbons (Fsp3) is 0.261. The number of carbonyl (C=O) groups is 1. The number of thiazole rings is 1. The maximum atomic E-state index is 12.6. The number of aryl methyl sites for hydroxylation is 2. The summed E-state index contributed by atoms with van der Waals surface area (Å²) in [7, 11) is 1.65. The SMILES string of the molecule is CCc1ccc([C@H]2CC(=O)Nc3c2c(C)nn3-c2nc3ccc(OC)cc3s2)cc1. The molecule has 0 aliphatic carbocycles. The van der Waals surface area contributed by atoms with Crippen molar-refractivity contribution in [2.45, 2.75) is 32.6 Å². The number of nitrogens with zero attached hydrogens (tertiary/aromatic N) is 3. The first kappa shape index (κ1) is 18.8. The van der Waals surface area contributed by atoms with Gasteiger partial charge in [0.25, 0.3) is 0 Å². The first-order chi connectivity index (χ1) is 14.6. The highest BCUT2D eigenvalue weighted by Gasteiger charge is 2.33. The van der Waals surface area contributed by atoms with Gasteiger partial charge in [-0.3, -0.25) is 4.79 Å². The second kappa shape index (κ2) is 7.25. The van der Waals surface area contributed by atoms with Crippen LogP contribution in [0.15, 0.2) is 42.5 Å². The molecule has 0 bridgehead atoms. The van der Waals surface area contributed by atoms with Crippen LogP contribution in [0.5, 0.6) is 5.75 Å². The van der Waals surface area contributed by atoms with Crippen LogP contribution >= 0.6 is 11.3 Å². The summed E-state index contributed by atoms with van der Waals surface area (Å²) < 4.78 is 8.11. The van der Waals surface area contributed by atoms with E-state index < -0.39 is 0 Å². The number of ether oxygens (including phenoxy) is 1. The van der Waals surface area contributed by atoms with Crippen molar-refractivity contribution in [3.05, 3.63) is 64.8 Å². The summed E-state index contributed by atoms with van der Waals surface area (Å²) in [5, 5.41) is 8.53. The zero-order chi connectivity index (χ0) is 20.8. The average molecular weight is 419 g/mol. The number of benzene rings is 2. The zero-order valence-electron chi connectivity index (χ0n) is 17.1. The molecule has 0 unspecified atom stereocenters. The van der Waals surface area contributed by atoms with E-state index in [-0.39, 0.29) is 11.8 Å². The number of carbonyl (C=O) groups excluding carboxylic acids is 1. The number of hydrogen-bond acceptors (Lipinski definition) is 5. The van der Waals surface area contributed by atoms with Crippen LogP contribution in [0.1, 0.15) is 41.6 Å². The average Bonchev–Trinajstić information content (AvgIpc) is 3.33. The van der Waals surface area contributed by atoms with Crippen LogP contribution in [0.2, 0.25) is 0 Å². The van der Waals surface area contributed by atoms with Crippen molar-refractivity contribution in [2.75, 3.05) is 12.4 Å². The number of nitrogens with one attached hydrogen (secondary N) is 1. The maximum absolute atomic E-state index is 12.6. The van der Waals surface area contributed by atoms with Gasteiger partial charge in [0.2, 0.25) is 11.0 Å². The largest absolute Gasteiger partial charge is 0.497 e. The molecule has 2 aromatic heterocycles. The standard InChI is InChI=1S/C23H22N4O2S/c1-4-14-5-7-15(8-6-14)17-12-20(28)25-22-21(17)13(2)26-27(22)23-24-18-10-9-16(29-3)11-19(18)30-23/h5-11,17H,4,12H2,1-3H3,(H,25,28)/t17-/m1/s1. The van der Waals surface area contributed by atoms with Crippen LogP contribution in [0, 0.1) is 6.92 Å². The molecule has 1 aliphatic rings. The van der Waals surface area contributed by atoms with Crippen LogP contribution in [0.4, 0.5) is 5.82 Å². The molecule has 0 saturated heterocycles. The third-order valence-electron chi connectivity index (χ3n) is 5.66. The lowest BCUT2D eigenvalue weighted by atomic mass is 9.85. The van der Waals surface area contributed by atoms with Crippen molar-refractivity contribution in [2.24, 2.45) is 0 Å². The van der Waals surface area contributed by atoms with Crippen molar-refractivity contribution in [1.82, 2.24) is 14.8 Å². The summed E-state index contributed by atoms with van der Waals surface area (Å²) in [6.45, 7) is 4.14. The molecule has 0 saturated carbocycles. The van der Waals surface area contributed by atoms with Gasteiger partial charge < -0.3 is 10.1 Å². The van der Waals surface area contributed by atoms with E-state index in [4.69, 9.17) is 14.8 Å². The molecule has 0 spiro atoms. The van der Waals surface area contributed by atoms with Crippen molar-refractivity contribution in [3.63, 3.8) is 0 Å². The third kappa shape index (κ3) is 3.06. The molecule has 1 N–H and O–H groups in total. The van der Waals surface area contributed by atoms with Gasteiger partial charge in [-0.05, 0) is 42.7 Å². The number of amides is 1. The Kier molecular flexibility index (Phi) is 4.55. The van der Waals surface area contributed by atoms with Crippen molar-refractivity contribution >= 4 is 33.3 Å². The zero-order valence-corrected chi connectivity index (χ0v) is 17.9. The quantitative estimate of drug-likeness (QED) is 0.515. The van der Waals surface area contributed by atoms with Gasteiger partial charge >= 0.3 is 0 Å². The Bertz CT molecular complexity index is 1260. The van der Waals surface area contributed by atoms with Gasteiger partial charge in [0.15, 0.2) is 0 Å². The van der Waals surface area contributed by atoms with E-state index in [1.54, 1.807) is 11.8 Å². The Hall–Kier alpha value is -3.19. The Balaban J connectivity index is 1.62. The smallest absolute Gasteiger partial charge is 0.226 e. The number of fused-ring (bicyclic) bond motifs is 2. The monoisotopic (exact) mass is 418 g/mol. The van der Waals surface area contributed by atoms with Crippen LogP contribution < -0.4 is 10.1 Å². The molecule has 30 heavy (non-hydrogen) atoms. The first-order valence-corrected chi connectivity index (χ1v) is 10.8. The van der Waals surface area contributed by atoms with E-state index in [9.17, 15) is 4.79 Å². The van der Waals surface area contributed by atoms with Crippen LogP contribution in [-0.2, 0) is 11.2 Å². The van der Waals surface area contributed by atoms with E-state index in [0.717, 1.165) is 50.2 Å². The summed E-state index contributed by atoms with van der Waals surface area (Å²) in [4.78, 5) is 17.3. The van der Waals surface area contributed by atoms with E-state index in [1.807, 2.05) is 25.1 Å². The van der Waals surface area contributed by atoms with Crippen LogP contribution in [0.3, 0.4) is 0 Å². The molecule has 0 radical (unpaired) electrons. The Morgan fingerprint density at radius 1 is 1.23 bits per heavy atom. The number of anilines is 1. The van der Waals surface area contributed by atoms with Crippen molar-refractivity contribution in [1.29, 1.82) is 0 Å². The summed E-state index contributed by atoms with van der Waals surface area (Å²) in [6.07, 6.45) is 1.41. The molecule has 3 heterocycles. The fourth-order valence-electron chi connectivity index (χ4n) is 4.07. The highest BCUT2D eigenvalue weighted by atomic mass is 32.1. The van der Waals surface area contributed by atoms with Gasteiger partial charge in [-0.2, -0.15) is 9.78 Å². The van der Waals surface area contributed by atoms with E-state index in [0.29, 0.717) is 6.42 Å². The number of hydrogen-bond donors (Lipinski definition) is 1. The van der Waals surface area contributed by atoms with Gasteiger partial charge in [-0.1, -0.05) is 42.5 Å². The Morgan fingerprint density at radius 2 is 2.03 bits per heavy atom. The number of rotatable bonds is 4. The number of aromatic nitrogens is 3. The molecule has 2 aromatic carbocycles. The highest BCUT2D eigenvalue weighted by Crippen LogP contribution is 2.41. The van der Waals surface area contributed by atoms with Crippen molar-refractivity contribution in [3.8, 4) is 10.9 Å². The Morgan fingerprint density at radius 3 is 2.77 bits per heavy atom. The first-order valence-electron chi connectivity index (χ1n) is 10.0.